The van der Waals surface area contributed by atoms with E-state index in [0.717, 1.165) is 24.5 Å². The van der Waals surface area contributed by atoms with Gasteiger partial charge in [0.2, 0.25) is 0 Å². The van der Waals surface area contributed by atoms with Gasteiger partial charge >= 0.3 is 0 Å². The van der Waals surface area contributed by atoms with Gasteiger partial charge in [-0.15, -0.1) is 11.3 Å². The molecule has 0 aliphatic carbocycles. The van der Waals surface area contributed by atoms with Gasteiger partial charge in [0.25, 0.3) is 5.91 Å². The Kier molecular flexibility index (Phi) is 7.31. The topological polar surface area (TPSA) is 52.6 Å². The van der Waals surface area contributed by atoms with Crippen molar-refractivity contribution in [3.63, 3.8) is 0 Å². The fourth-order valence-electron chi connectivity index (χ4n) is 1.87. The molecule has 5 heteroatoms. The van der Waals surface area contributed by atoms with E-state index < -0.39 is 0 Å². The van der Waals surface area contributed by atoms with E-state index in [9.17, 15) is 4.79 Å². The first-order chi connectivity index (χ1) is 9.60. The van der Waals surface area contributed by atoms with Crippen LogP contribution in [0.5, 0.6) is 0 Å². The third-order valence-corrected chi connectivity index (χ3v) is 3.80. The van der Waals surface area contributed by atoms with Crippen LogP contribution in [0.4, 0.5) is 0 Å². The van der Waals surface area contributed by atoms with Gasteiger partial charge in [0.05, 0.1) is 10.4 Å². The maximum atomic E-state index is 12.1. The lowest BCUT2D eigenvalue weighted by Gasteiger charge is -2.23. The molecule has 1 aromatic rings. The van der Waals surface area contributed by atoms with Crippen molar-refractivity contribution >= 4 is 17.2 Å². The number of aliphatic hydroxyl groups is 1. The molecule has 0 saturated heterocycles. The summed E-state index contributed by atoms with van der Waals surface area (Å²) in [4.78, 5) is 15.1. The molecule has 1 heterocycles. The highest BCUT2D eigenvalue weighted by Gasteiger charge is 2.13. The fourth-order valence-corrected chi connectivity index (χ4v) is 2.62. The van der Waals surface area contributed by atoms with Crippen LogP contribution in [0.3, 0.4) is 0 Å². The molecular weight excluding hydrogens is 272 g/mol. The summed E-state index contributed by atoms with van der Waals surface area (Å²) in [5.74, 6) is 5.31. The third kappa shape index (κ3) is 5.33. The highest BCUT2D eigenvalue weighted by atomic mass is 32.1. The van der Waals surface area contributed by atoms with Crippen LogP contribution in [-0.4, -0.2) is 48.2 Å². The van der Waals surface area contributed by atoms with E-state index >= 15 is 0 Å². The van der Waals surface area contributed by atoms with Crippen LogP contribution >= 0.6 is 11.3 Å². The lowest BCUT2D eigenvalue weighted by molar-refractivity contribution is 0.0931. The molecule has 1 unspecified atom stereocenters. The van der Waals surface area contributed by atoms with Crippen molar-refractivity contribution in [2.45, 2.75) is 26.8 Å². The predicted molar refractivity (Wildman–Crippen MR) is 83.0 cm³/mol. The van der Waals surface area contributed by atoms with E-state index in [2.05, 4.69) is 35.9 Å². The Hall–Kier alpha value is -1.35. The van der Waals surface area contributed by atoms with E-state index in [4.69, 9.17) is 5.11 Å². The monoisotopic (exact) mass is 294 g/mol. The number of nitrogens with one attached hydrogen (secondary N) is 1. The van der Waals surface area contributed by atoms with Gasteiger partial charge in [-0.3, -0.25) is 4.79 Å². The van der Waals surface area contributed by atoms with Gasteiger partial charge in [-0.1, -0.05) is 25.7 Å². The summed E-state index contributed by atoms with van der Waals surface area (Å²) in [5, 5.41) is 13.4. The van der Waals surface area contributed by atoms with Gasteiger partial charge < -0.3 is 15.3 Å². The Morgan fingerprint density at radius 3 is 2.80 bits per heavy atom. The summed E-state index contributed by atoms with van der Waals surface area (Å²) >= 11 is 1.41. The van der Waals surface area contributed by atoms with Crippen molar-refractivity contribution in [2.75, 3.05) is 26.2 Å². The second-order valence-corrected chi connectivity index (χ2v) is 5.43. The Morgan fingerprint density at radius 2 is 2.20 bits per heavy atom. The van der Waals surface area contributed by atoms with Crippen molar-refractivity contribution in [3.05, 3.63) is 21.9 Å². The van der Waals surface area contributed by atoms with Crippen LogP contribution in [0.2, 0.25) is 0 Å². The summed E-state index contributed by atoms with van der Waals surface area (Å²) < 4.78 is 0. The molecular formula is C15H22N2O2S. The van der Waals surface area contributed by atoms with E-state index in [1.807, 2.05) is 6.92 Å². The molecule has 110 valence electrons. The molecule has 20 heavy (non-hydrogen) atoms. The van der Waals surface area contributed by atoms with E-state index in [1.54, 1.807) is 11.4 Å². The van der Waals surface area contributed by atoms with E-state index in [1.165, 1.54) is 11.3 Å². The van der Waals surface area contributed by atoms with E-state index in [-0.39, 0.29) is 18.6 Å². The molecule has 0 fully saturated rings. The molecule has 1 atom stereocenters. The second-order valence-electron chi connectivity index (χ2n) is 4.52. The molecule has 4 nitrogen and oxygen atoms in total. The Labute approximate surface area is 124 Å². The smallest absolute Gasteiger partial charge is 0.252 e. The number of hydrogen-bond donors (Lipinski definition) is 2. The molecule has 0 bridgehead atoms. The number of aliphatic hydroxyl groups excluding tert-OH is 1. The number of carbonyl (C=O) groups excluding carboxylic acids is 1. The first-order valence-electron chi connectivity index (χ1n) is 6.82. The Morgan fingerprint density at radius 1 is 1.50 bits per heavy atom. The quantitative estimate of drug-likeness (QED) is 0.783. The normalized spacial score (nSPS) is 11.8. The maximum absolute atomic E-state index is 12.1. The van der Waals surface area contributed by atoms with Crippen LogP contribution in [0, 0.1) is 11.8 Å². The second kappa shape index (κ2) is 8.75. The fraction of sp³-hybridized carbons (Fsp3) is 0.533. The van der Waals surface area contributed by atoms with Crippen LogP contribution < -0.4 is 5.32 Å². The van der Waals surface area contributed by atoms with Crippen molar-refractivity contribution in [1.82, 2.24) is 10.2 Å². The molecule has 0 spiro atoms. The average molecular weight is 294 g/mol. The van der Waals surface area contributed by atoms with Crippen LogP contribution in [-0.2, 0) is 0 Å². The van der Waals surface area contributed by atoms with Crippen molar-refractivity contribution in [3.8, 4) is 11.8 Å². The average Bonchev–Trinajstić information content (AvgIpc) is 2.91. The number of nitrogens with zero attached hydrogens (tertiary/aromatic N) is 1. The number of likely N-dealkylation sites (N-methyl/N-ethyl adjacent to an activating group) is 1. The van der Waals surface area contributed by atoms with Crippen LogP contribution in [0.15, 0.2) is 11.4 Å². The third-order valence-electron chi connectivity index (χ3n) is 2.96. The summed E-state index contributed by atoms with van der Waals surface area (Å²) in [7, 11) is 0. The minimum absolute atomic E-state index is 0.0713. The Bertz CT molecular complexity index is 484. The number of amides is 1. The highest BCUT2D eigenvalue weighted by molar-refractivity contribution is 7.10. The minimum atomic E-state index is -0.166. The lowest BCUT2D eigenvalue weighted by Crippen LogP contribution is -2.41. The van der Waals surface area contributed by atoms with Gasteiger partial charge in [0.15, 0.2) is 0 Å². The van der Waals surface area contributed by atoms with Crippen molar-refractivity contribution in [2.24, 2.45) is 0 Å². The molecule has 0 radical (unpaired) electrons. The zero-order valence-corrected chi connectivity index (χ0v) is 13.1. The minimum Gasteiger partial charge on any atom is -0.384 e. The van der Waals surface area contributed by atoms with Crippen molar-refractivity contribution < 1.29 is 9.90 Å². The molecule has 1 amide bonds. The van der Waals surface area contributed by atoms with Gasteiger partial charge in [0.1, 0.15) is 6.61 Å². The molecule has 0 aromatic carbocycles. The van der Waals surface area contributed by atoms with Crippen molar-refractivity contribution in [1.29, 1.82) is 0 Å². The van der Waals surface area contributed by atoms with Gasteiger partial charge in [-0.05, 0) is 26.1 Å². The molecule has 1 rings (SSSR count). The number of hydrogen-bond acceptors (Lipinski definition) is 4. The molecule has 2 N–H and O–H groups in total. The lowest BCUT2D eigenvalue weighted by atomic mass is 10.2. The molecule has 0 aliphatic rings. The number of carbonyl (C=O) groups is 1. The predicted octanol–water partition coefficient (Wildman–Crippen LogP) is 1.55. The van der Waals surface area contributed by atoms with Gasteiger partial charge in [0, 0.05) is 18.0 Å². The first-order valence-corrected chi connectivity index (χ1v) is 7.70. The SMILES string of the molecule is CCN(CC)CC(C)NC(=O)c1csc(C#CCO)c1. The zero-order chi connectivity index (χ0) is 15.0. The van der Waals surface area contributed by atoms with E-state index in [0.29, 0.717) is 5.56 Å². The summed E-state index contributed by atoms with van der Waals surface area (Å²) in [6, 6.07) is 1.86. The summed E-state index contributed by atoms with van der Waals surface area (Å²) in [6.07, 6.45) is 0. The number of thiophene rings is 1. The van der Waals surface area contributed by atoms with Gasteiger partial charge in [-0.2, -0.15) is 0 Å². The standard InChI is InChI=1S/C15H22N2O2S/c1-4-17(5-2)10-12(3)16-15(19)13-9-14(20-11-13)7-6-8-18/h9,11-12,18H,4-5,8,10H2,1-3H3,(H,16,19). The number of rotatable bonds is 6. The largest absolute Gasteiger partial charge is 0.384 e. The highest BCUT2D eigenvalue weighted by Crippen LogP contribution is 2.13. The zero-order valence-electron chi connectivity index (χ0n) is 12.3. The van der Waals surface area contributed by atoms with Gasteiger partial charge in [-0.25, -0.2) is 0 Å². The molecule has 0 saturated carbocycles. The summed E-state index contributed by atoms with van der Waals surface area (Å²) in [6.45, 7) is 8.88. The van der Waals surface area contributed by atoms with Crippen LogP contribution in [0.25, 0.3) is 0 Å². The maximum Gasteiger partial charge on any atom is 0.252 e. The first kappa shape index (κ1) is 16.7. The Balaban J connectivity index is 2.55. The molecule has 0 aliphatic heterocycles. The van der Waals surface area contributed by atoms with Crippen LogP contribution in [0.1, 0.15) is 36.0 Å². The molecule has 1 aromatic heterocycles. The summed E-state index contributed by atoms with van der Waals surface area (Å²) in [5.41, 5.74) is 0.628.